The summed E-state index contributed by atoms with van der Waals surface area (Å²) in [6.07, 6.45) is 4.87. The van der Waals surface area contributed by atoms with Crippen LogP contribution in [0.4, 0.5) is 5.95 Å². The van der Waals surface area contributed by atoms with Crippen LogP contribution in [0, 0.1) is 6.20 Å². The largest absolute Gasteiger partial charge is 0.342 e. The second kappa shape index (κ2) is 3.08. The molecule has 6 nitrogen and oxygen atoms in total. The Kier molecular flexibility index (Phi) is 1.74. The molecule has 6 heteroatoms. The van der Waals surface area contributed by atoms with Crippen molar-refractivity contribution in [1.29, 1.82) is 0 Å². The number of hydrogen-bond acceptors (Lipinski definition) is 4. The van der Waals surface area contributed by atoms with Crippen LogP contribution in [-0.4, -0.2) is 33.3 Å². The molecule has 0 aliphatic carbocycles. The van der Waals surface area contributed by atoms with Gasteiger partial charge in [-0.15, -0.1) is 0 Å². The number of aromatic nitrogens is 4. The van der Waals surface area contributed by atoms with Crippen LogP contribution in [0.15, 0.2) is 4.79 Å². The second-order valence-corrected chi connectivity index (χ2v) is 3.64. The fraction of sp³-hybridized carbons (Fsp3) is 0.444. The first-order valence-electron chi connectivity index (χ1n) is 4.95. The Balaban J connectivity index is 2.15. The quantitative estimate of drug-likeness (QED) is 0.687. The van der Waals surface area contributed by atoms with Crippen LogP contribution in [0.5, 0.6) is 0 Å². The van der Waals surface area contributed by atoms with Gasteiger partial charge in [-0.25, -0.2) is 0 Å². The Labute approximate surface area is 85.3 Å². The van der Waals surface area contributed by atoms with E-state index in [9.17, 15) is 4.79 Å². The zero-order chi connectivity index (χ0) is 10.3. The molecule has 0 spiro atoms. The van der Waals surface area contributed by atoms with Gasteiger partial charge in [0, 0.05) is 13.1 Å². The molecule has 3 rings (SSSR count). The zero-order valence-electron chi connectivity index (χ0n) is 8.08. The number of nitrogens with zero attached hydrogens (tertiary/aromatic N) is 3. The van der Waals surface area contributed by atoms with Crippen molar-refractivity contribution in [3.05, 3.63) is 16.6 Å². The summed E-state index contributed by atoms with van der Waals surface area (Å²) in [6.45, 7) is 1.90. The average molecular weight is 204 g/mol. The molecule has 3 heterocycles. The minimum Gasteiger partial charge on any atom is -0.342 e. The van der Waals surface area contributed by atoms with Crippen LogP contribution in [0.1, 0.15) is 12.8 Å². The number of anilines is 1. The SMILES string of the molecule is O=c1[nH]c(N2CCCC2)nc2[nH]n[c]c12. The molecular weight excluding hydrogens is 194 g/mol. The molecule has 0 saturated carbocycles. The van der Waals surface area contributed by atoms with Gasteiger partial charge in [-0.2, -0.15) is 10.1 Å². The summed E-state index contributed by atoms with van der Waals surface area (Å²) in [5.41, 5.74) is 0.316. The van der Waals surface area contributed by atoms with Crippen LogP contribution in [0.3, 0.4) is 0 Å². The van der Waals surface area contributed by atoms with Crippen LogP contribution in [0.25, 0.3) is 11.0 Å². The molecule has 2 N–H and O–H groups in total. The topological polar surface area (TPSA) is 77.7 Å². The molecular formula is C9H10N5O. The number of nitrogens with one attached hydrogen (secondary N) is 2. The van der Waals surface area contributed by atoms with Crippen molar-refractivity contribution in [3.63, 3.8) is 0 Å². The molecule has 1 fully saturated rings. The highest BCUT2D eigenvalue weighted by molar-refractivity contribution is 5.72. The van der Waals surface area contributed by atoms with Crippen LogP contribution in [0.2, 0.25) is 0 Å². The van der Waals surface area contributed by atoms with Crippen LogP contribution < -0.4 is 10.5 Å². The van der Waals surface area contributed by atoms with E-state index in [1.807, 2.05) is 0 Å². The van der Waals surface area contributed by atoms with Gasteiger partial charge in [-0.3, -0.25) is 14.9 Å². The van der Waals surface area contributed by atoms with Crippen molar-refractivity contribution >= 4 is 17.0 Å². The lowest BCUT2D eigenvalue weighted by Crippen LogP contribution is -2.23. The van der Waals surface area contributed by atoms with E-state index in [1.54, 1.807) is 0 Å². The van der Waals surface area contributed by atoms with E-state index < -0.39 is 0 Å². The Morgan fingerprint density at radius 2 is 2.13 bits per heavy atom. The average Bonchev–Trinajstić information content (AvgIpc) is 2.88. The number of hydrogen-bond donors (Lipinski definition) is 2. The van der Waals surface area contributed by atoms with Crippen LogP contribution in [-0.2, 0) is 0 Å². The van der Waals surface area contributed by atoms with Crippen molar-refractivity contribution < 1.29 is 0 Å². The molecule has 1 aliphatic rings. The molecule has 0 amide bonds. The van der Waals surface area contributed by atoms with Crippen molar-refractivity contribution in [2.24, 2.45) is 0 Å². The van der Waals surface area contributed by atoms with Crippen LogP contribution >= 0.6 is 0 Å². The van der Waals surface area contributed by atoms with Gasteiger partial charge in [0.05, 0.1) is 0 Å². The summed E-state index contributed by atoms with van der Waals surface area (Å²) in [7, 11) is 0. The van der Waals surface area contributed by atoms with Crippen molar-refractivity contribution in [3.8, 4) is 0 Å². The molecule has 1 saturated heterocycles. The zero-order valence-corrected chi connectivity index (χ0v) is 8.08. The Hall–Kier alpha value is -1.85. The molecule has 0 atom stereocenters. The maximum absolute atomic E-state index is 11.6. The number of H-pyrrole nitrogens is 2. The minimum atomic E-state index is -0.185. The molecule has 0 bridgehead atoms. The molecule has 77 valence electrons. The maximum Gasteiger partial charge on any atom is 0.264 e. The summed E-state index contributed by atoms with van der Waals surface area (Å²) in [4.78, 5) is 20.7. The van der Waals surface area contributed by atoms with E-state index >= 15 is 0 Å². The van der Waals surface area contributed by atoms with Gasteiger partial charge >= 0.3 is 0 Å². The highest BCUT2D eigenvalue weighted by Crippen LogP contribution is 2.15. The van der Waals surface area contributed by atoms with E-state index in [1.165, 1.54) is 0 Å². The monoisotopic (exact) mass is 204 g/mol. The predicted octanol–water partition coefficient (Wildman–Crippen LogP) is 0.0466. The predicted molar refractivity (Wildman–Crippen MR) is 54.8 cm³/mol. The molecule has 0 aromatic carbocycles. The van der Waals surface area contributed by atoms with Crippen molar-refractivity contribution in [2.75, 3.05) is 18.0 Å². The van der Waals surface area contributed by atoms with Gasteiger partial charge in [-0.05, 0) is 12.8 Å². The summed E-state index contributed by atoms with van der Waals surface area (Å²) >= 11 is 0. The molecule has 2 aromatic rings. The van der Waals surface area contributed by atoms with Gasteiger partial charge in [-0.1, -0.05) is 0 Å². The smallest absolute Gasteiger partial charge is 0.264 e. The first-order valence-corrected chi connectivity index (χ1v) is 4.95. The van der Waals surface area contributed by atoms with Crippen molar-refractivity contribution in [2.45, 2.75) is 12.8 Å². The third-order valence-corrected chi connectivity index (χ3v) is 2.64. The summed E-state index contributed by atoms with van der Waals surface area (Å²) < 4.78 is 0. The van der Waals surface area contributed by atoms with Gasteiger partial charge < -0.3 is 4.90 Å². The third kappa shape index (κ3) is 1.29. The van der Waals surface area contributed by atoms with E-state index in [0.29, 0.717) is 17.0 Å². The maximum atomic E-state index is 11.6. The Morgan fingerprint density at radius 1 is 1.33 bits per heavy atom. The molecule has 15 heavy (non-hydrogen) atoms. The first-order chi connectivity index (χ1) is 7.34. The lowest BCUT2D eigenvalue weighted by molar-refractivity contribution is 0.897. The van der Waals surface area contributed by atoms with E-state index in [4.69, 9.17) is 0 Å². The first kappa shape index (κ1) is 8.46. The molecule has 1 aliphatic heterocycles. The van der Waals surface area contributed by atoms with Crippen molar-refractivity contribution in [1.82, 2.24) is 20.2 Å². The molecule has 1 radical (unpaired) electrons. The van der Waals surface area contributed by atoms with E-state index in [0.717, 1.165) is 25.9 Å². The summed E-state index contributed by atoms with van der Waals surface area (Å²) in [5.74, 6) is 0.627. The van der Waals surface area contributed by atoms with Gasteiger partial charge in [0.1, 0.15) is 11.6 Å². The Bertz CT molecular complexity index is 537. The van der Waals surface area contributed by atoms with Gasteiger partial charge in [0.15, 0.2) is 5.65 Å². The number of aromatic amines is 2. The van der Waals surface area contributed by atoms with E-state index in [-0.39, 0.29) is 5.56 Å². The standard InChI is InChI=1S/C9H10N5O/c15-8-6-5-10-13-7(6)11-9(12-8)14-3-1-2-4-14/h1-4H2,(H2,10,11,12,13,15). The normalized spacial score (nSPS) is 16.4. The summed E-state index contributed by atoms with van der Waals surface area (Å²) in [6, 6.07) is 0. The molecule has 0 unspecified atom stereocenters. The van der Waals surface area contributed by atoms with Gasteiger partial charge in [0.25, 0.3) is 5.56 Å². The second-order valence-electron chi connectivity index (χ2n) is 3.64. The number of rotatable bonds is 1. The molecule has 2 aromatic heterocycles. The van der Waals surface area contributed by atoms with Gasteiger partial charge in [0.2, 0.25) is 5.95 Å². The fourth-order valence-corrected chi connectivity index (χ4v) is 1.86. The third-order valence-electron chi connectivity index (χ3n) is 2.64. The van der Waals surface area contributed by atoms with E-state index in [2.05, 4.69) is 31.3 Å². The highest BCUT2D eigenvalue weighted by atomic mass is 16.1. The number of fused-ring (bicyclic) bond motifs is 1. The lowest BCUT2D eigenvalue weighted by Gasteiger charge is -2.14. The minimum absolute atomic E-state index is 0.185. The summed E-state index contributed by atoms with van der Waals surface area (Å²) in [5, 5.41) is 6.73. The lowest BCUT2D eigenvalue weighted by atomic mass is 10.4. The Morgan fingerprint density at radius 3 is 2.93 bits per heavy atom. The fourth-order valence-electron chi connectivity index (χ4n) is 1.86. The highest BCUT2D eigenvalue weighted by Gasteiger charge is 2.16.